The summed E-state index contributed by atoms with van der Waals surface area (Å²) in [6.45, 7) is 3.23. The minimum Gasteiger partial charge on any atom is -0.468 e. The Morgan fingerprint density at radius 1 is 1.00 bits per heavy atom. The Kier molecular flexibility index (Phi) is 6.14. The summed E-state index contributed by atoms with van der Waals surface area (Å²) in [5.74, 6) is -4.47. The van der Waals surface area contributed by atoms with Crippen molar-refractivity contribution in [3.63, 3.8) is 0 Å². The fraction of sp³-hybridized carbons (Fsp3) is 0.700. The van der Waals surface area contributed by atoms with Crippen molar-refractivity contribution in [2.45, 2.75) is 13.8 Å². The maximum Gasteiger partial charge on any atom is 0.320 e. The van der Waals surface area contributed by atoms with E-state index in [-0.39, 0.29) is 6.61 Å². The first kappa shape index (κ1) is 14.4. The zero-order chi connectivity index (χ0) is 12.7. The van der Waals surface area contributed by atoms with Crippen LogP contribution in [0.3, 0.4) is 0 Å². The molecule has 1 atom stereocenters. The molecule has 0 saturated carbocycles. The number of hydrogen-bond donors (Lipinski definition) is 0. The molecule has 0 fully saturated rings. The van der Waals surface area contributed by atoms with Crippen molar-refractivity contribution in [3.05, 3.63) is 0 Å². The van der Waals surface area contributed by atoms with Crippen LogP contribution in [0.4, 0.5) is 0 Å². The van der Waals surface area contributed by atoms with E-state index in [9.17, 15) is 14.4 Å². The van der Waals surface area contributed by atoms with Gasteiger partial charge in [-0.05, 0) is 6.92 Å². The van der Waals surface area contributed by atoms with Gasteiger partial charge in [-0.1, -0.05) is 6.92 Å². The van der Waals surface area contributed by atoms with E-state index in [0.29, 0.717) is 0 Å². The molecule has 0 saturated heterocycles. The Balaban J connectivity index is 4.82. The first-order chi connectivity index (χ1) is 7.49. The monoisotopic (exact) mass is 232 g/mol. The molecule has 6 heteroatoms. The molecule has 0 aromatic heterocycles. The fourth-order valence-corrected chi connectivity index (χ4v) is 1.17. The van der Waals surface area contributed by atoms with E-state index in [1.54, 1.807) is 6.92 Å². The average Bonchev–Trinajstić information content (AvgIpc) is 2.28. The van der Waals surface area contributed by atoms with Crippen LogP contribution in [0.15, 0.2) is 0 Å². The zero-order valence-electron chi connectivity index (χ0n) is 9.81. The van der Waals surface area contributed by atoms with Gasteiger partial charge in [-0.2, -0.15) is 0 Å². The van der Waals surface area contributed by atoms with Gasteiger partial charge in [0.15, 0.2) is 5.92 Å². The van der Waals surface area contributed by atoms with Crippen LogP contribution in [0, 0.1) is 11.8 Å². The summed E-state index contributed by atoms with van der Waals surface area (Å²) in [6, 6.07) is 0. The number of ether oxygens (including phenoxy) is 3. The molecule has 92 valence electrons. The summed E-state index contributed by atoms with van der Waals surface area (Å²) in [4.78, 5) is 34.1. The van der Waals surface area contributed by atoms with Crippen molar-refractivity contribution in [2.75, 3.05) is 20.8 Å². The van der Waals surface area contributed by atoms with Crippen molar-refractivity contribution in [3.8, 4) is 0 Å². The third kappa shape index (κ3) is 3.52. The number of carbonyl (C=O) groups excluding carboxylic acids is 3. The zero-order valence-corrected chi connectivity index (χ0v) is 9.81. The summed E-state index contributed by atoms with van der Waals surface area (Å²) in [6.07, 6.45) is 0. The van der Waals surface area contributed by atoms with E-state index in [0.717, 1.165) is 14.2 Å². The van der Waals surface area contributed by atoms with Crippen LogP contribution in [0.1, 0.15) is 13.8 Å². The molecule has 0 rings (SSSR count). The molecule has 0 bridgehead atoms. The van der Waals surface area contributed by atoms with Gasteiger partial charge in [0.05, 0.1) is 26.7 Å². The Morgan fingerprint density at radius 2 is 1.44 bits per heavy atom. The highest BCUT2D eigenvalue weighted by molar-refractivity contribution is 5.98. The van der Waals surface area contributed by atoms with Crippen LogP contribution >= 0.6 is 0 Å². The molecule has 0 aliphatic rings. The molecule has 6 nitrogen and oxygen atoms in total. The van der Waals surface area contributed by atoms with E-state index in [1.165, 1.54) is 6.92 Å². The fourth-order valence-electron chi connectivity index (χ4n) is 1.17. The second-order valence-corrected chi connectivity index (χ2v) is 3.06. The van der Waals surface area contributed by atoms with Crippen LogP contribution in [0.2, 0.25) is 0 Å². The normalized spacial score (nSPS) is 11.8. The highest BCUT2D eigenvalue weighted by atomic mass is 16.5. The molecule has 0 amide bonds. The smallest absolute Gasteiger partial charge is 0.320 e. The van der Waals surface area contributed by atoms with Crippen molar-refractivity contribution < 1.29 is 28.6 Å². The molecule has 0 spiro atoms. The SMILES string of the molecule is CCOC(=O)[C@@H](C)C(C(=O)OC)C(=O)OC. The first-order valence-corrected chi connectivity index (χ1v) is 4.81. The van der Waals surface area contributed by atoms with E-state index < -0.39 is 29.7 Å². The maximum atomic E-state index is 11.4. The summed E-state index contributed by atoms with van der Waals surface area (Å²) >= 11 is 0. The second-order valence-electron chi connectivity index (χ2n) is 3.06. The van der Waals surface area contributed by atoms with Gasteiger partial charge >= 0.3 is 17.9 Å². The number of esters is 3. The Bertz CT molecular complexity index is 256. The highest BCUT2D eigenvalue weighted by Crippen LogP contribution is 2.16. The van der Waals surface area contributed by atoms with Crippen LogP contribution in [-0.4, -0.2) is 38.7 Å². The number of rotatable bonds is 5. The van der Waals surface area contributed by atoms with E-state index >= 15 is 0 Å². The van der Waals surface area contributed by atoms with E-state index in [2.05, 4.69) is 9.47 Å². The van der Waals surface area contributed by atoms with Crippen molar-refractivity contribution in [1.82, 2.24) is 0 Å². The standard InChI is InChI=1S/C10H16O6/c1-5-16-8(11)6(2)7(9(12)14-3)10(13)15-4/h6-7H,5H2,1-4H3/t6-/m0/s1. The lowest BCUT2D eigenvalue weighted by atomic mass is 9.94. The molecule has 0 heterocycles. The largest absolute Gasteiger partial charge is 0.468 e. The molecule has 0 aliphatic heterocycles. The van der Waals surface area contributed by atoms with Gasteiger partial charge in [-0.25, -0.2) is 0 Å². The van der Waals surface area contributed by atoms with Gasteiger partial charge < -0.3 is 14.2 Å². The molecule has 0 N–H and O–H groups in total. The van der Waals surface area contributed by atoms with Crippen molar-refractivity contribution >= 4 is 17.9 Å². The van der Waals surface area contributed by atoms with E-state index in [4.69, 9.17) is 4.74 Å². The molecule has 0 aliphatic carbocycles. The van der Waals surface area contributed by atoms with Crippen molar-refractivity contribution in [2.24, 2.45) is 11.8 Å². The minimum atomic E-state index is -1.28. The summed E-state index contributed by atoms with van der Waals surface area (Å²) < 4.78 is 13.6. The number of carbonyl (C=O) groups is 3. The average molecular weight is 232 g/mol. The third-order valence-corrected chi connectivity index (χ3v) is 2.07. The van der Waals surface area contributed by atoms with Gasteiger partial charge in [0.25, 0.3) is 0 Å². The lowest BCUT2D eigenvalue weighted by Crippen LogP contribution is -2.36. The number of methoxy groups -OCH3 is 2. The van der Waals surface area contributed by atoms with Crippen LogP contribution in [-0.2, 0) is 28.6 Å². The quantitative estimate of drug-likeness (QED) is 0.381. The van der Waals surface area contributed by atoms with Crippen molar-refractivity contribution in [1.29, 1.82) is 0 Å². The summed E-state index contributed by atoms with van der Waals surface area (Å²) in [5.41, 5.74) is 0. The molecule has 0 radical (unpaired) electrons. The molecule has 0 aromatic rings. The molecular formula is C10H16O6. The highest BCUT2D eigenvalue weighted by Gasteiger charge is 2.39. The third-order valence-electron chi connectivity index (χ3n) is 2.07. The Hall–Kier alpha value is -1.59. The molecule has 16 heavy (non-hydrogen) atoms. The lowest BCUT2D eigenvalue weighted by Gasteiger charge is -2.17. The minimum absolute atomic E-state index is 0.179. The first-order valence-electron chi connectivity index (χ1n) is 4.81. The van der Waals surface area contributed by atoms with Gasteiger partial charge in [0.1, 0.15) is 0 Å². The molecular weight excluding hydrogens is 216 g/mol. The Morgan fingerprint density at radius 3 is 1.75 bits per heavy atom. The van der Waals surface area contributed by atoms with Crippen LogP contribution in [0.25, 0.3) is 0 Å². The topological polar surface area (TPSA) is 78.9 Å². The van der Waals surface area contributed by atoms with Crippen LogP contribution in [0.5, 0.6) is 0 Å². The lowest BCUT2D eigenvalue weighted by molar-refractivity contribution is -0.168. The van der Waals surface area contributed by atoms with Gasteiger partial charge in [-0.3, -0.25) is 14.4 Å². The maximum absolute atomic E-state index is 11.4. The predicted octanol–water partition coefficient (Wildman–Crippen LogP) is 0.148. The van der Waals surface area contributed by atoms with E-state index in [1.807, 2.05) is 0 Å². The summed E-state index contributed by atoms with van der Waals surface area (Å²) in [7, 11) is 2.27. The van der Waals surface area contributed by atoms with Gasteiger partial charge in [0.2, 0.25) is 0 Å². The Labute approximate surface area is 93.8 Å². The van der Waals surface area contributed by atoms with Gasteiger partial charge in [0, 0.05) is 0 Å². The van der Waals surface area contributed by atoms with Gasteiger partial charge in [-0.15, -0.1) is 0 Å². The predicted molar refractivity (Wildman–Crippen MR) is 53.3 cm³/mol. The van der Waals surface area contributed by atoms with Crippen LogP contribution < -0.4 is 0 Å². The second kappa shape index (κ2) is 6.81. The summed E-state index contributed by atoms with van der Waals surface area (Å²) in [5, 5.41) is 0. The molecule has 0 unspecified atom stereocenters. The number of hydrogen-bond acceptors (Lipinski definition) is 6. The molecule has 0 aromatic carbocycles.